The second kappa shape index (κ2) is 3.99. The molecular formula is C4H9F2N. The van der Waals surface area contributed by atoms with Crippen molar-refractivity contribution in [3.8, 4) is 0 Å². The number of alkyl halides is 2. The summed E-state index contributed by atoms with van der Waals surface area (Å²) in [6, 6.07) is 0. The summed E-state index contributed by atoms with van der Waals surface area (Å²) >= 11 is 0. The third-order valence-corrected chi connectivity index (χ3v) is 0.549. The number of hydrogen-bond donors (Lipinski definition) is 1. The van der Waals surface area contributed by atoms with Gasteiger partial charge in [0.05, 0.1) is 0 Å². The Kier molecular flexibility index (Phi) is 3.89. The van der Waals surface area contributed by atoms with Gasteiger partial charge in [-0.1, -0.05) is 6.92 Å². The van der Waals surface area contributed by atoms with Gasteiger partial charge >= 0.3 is 0 Å². The van der Waals surface area contributed by atoms with Gasteiger partial charge in [0.2, 0.25) is 0 Å². The smallest absolute Gasteiger partial charge is 0.261 e. The van der Waals surface area contributed by atoms with Crippen molar-refractivity contribution >= 4 is 0 Å². The Bertz CT molecular complexity index is 38.7. The van der Waals surface area contributed by atoms with Gasteiger partial charge in [0.25, 0.3) is 6.55 Å². The van der Waals surface area contributed by atoms with Gasteiger partial charge in [-0.2, -0.15) is 8.78 Å². The lowest BCUT2D eigenvalue weighted by Gasteiger charge is -1.96. The molecule has 0 atom stereocenters. The fraction of sp³-hybridized carbons (Fsp3) is 1.00. The number of halogens is 2. The van der Waals surface area contributed by atoms with Gasteiger partial charge in [-0.3, -0.25) is 5.32 Å². The molecule has 0 aromatic rings. The van der Waals surface area contributed by atoms with E-state index >= 15 is 0 Å². The SMILES string of the molecule is CCCNC(F)F. The molecule has 0 aliphatic carbocycles. The van der Waals surface area contributed by atoms with Crippen molar-refractivity contribution in [1.82, 2.24) is 5.32 Å². The van der Waals surface area contributed by atoms with Crippen molar-refractivity contribution < 1.29 is 8.78 Å². The van der Waals surface area contributed by atoms with Crippen LogP contribution in [0.5, 0.6) is 0 Å². The minimum absolute atomic E-state index is 0.400. The van der Waals surface area contributed by atoms with Crippen molar-refractivity contribution in [2.24, 2.45) is 0 Å². The minimum atomic E-state index is -2.35. The van der Waals surface area contributed by atoms with E-state index in [1.54, 1.807) is 0 Å². The highest BCUT2D eigenvalue weighted by Crippen LogP contribution is 1.83. The molecule has 0 rings (SSSR count). The molecule has 3 heteroatoms. The molecule has 0 unspecified atom stereocenters. The van der Waals surface area contributed by atoms with Gasteiger partial charge in [0, 0.05) is 6.54 Å². The van der Waals surface area contributed by atoms with Crippen molar-refractivity contribution in [2.75, 3.05) is 6.54 Å². The Morgan fingerprint density at radius 3 is 2.29 bits per heavy atom. The lowest BCUT2D eigenvalue weighted by molar-refractivity contribution is 0.108. The van der Waals surface area contributed by atoms with Crippen LogP contribution in [-0.4, -0.2) is 13.1 Å². The van der Waals surface area contributed by atoms with Crippen molar-refractivity contribution in [2.45, 2.75) is 19.9 Å². The quantitative estimate of drug-likeness (QED) is 0.537. The van der Waals surface area contributed by atoms with Crippen LogP contribution in [0.1, 0.15) is 13.3 Å². The average molecular weight is 109 g/mol. The largest absolute Gasteiger partial charge is 0.292 e. The van der Waals surface area contributed by atoms with Crippen LogP contribution >= 0.6 is 0 Å². The summed E-state index contributed by atoms with van der Waals surface area (Å²) in [5.74, 6) is 0. The molecule has 0 radical (unpaired) electrons. The van der Waals surface area contributed by atoms with Crippen molar-refractivity contribution in [3.05, 3.63) is 0 Å². The maximum atomic E-state index is 11.1. The lowest BCUT2D eigenvalue weighted by Crippen LogP contribution is -2.20. The average Bonchev–Trinajstić information content (AvgIpc) is 1.61. The van der Waals surface area contributed by atoms with Gasteiger partial charge < -0.3 is 0 Å². The Morgan fingerprint density at radius 1 is 1.57 bits per heavy atom. The Morgan fingerprint density at radius 2 is 2.14 bits per heavy atom. The molecule has 0 aromatic heterocycles. The predicted octanol–water partition coefficient (Wildman–Crippen LogP) is 1.21. The van der Waals surface area contributed by atoms with E-state index in [4.69, 9.17) is 0 Å². The summed E-state index contributed by atoms with van der Waals surface area (Å²) < 4.78 is 22.2. The number of rotatable bonds is 3. The molecule has 0 saturated heterocycles. The van der Waals surface area contributed by atoms with E-state index < -0.39 is 6.55 Å². The third-order valence-electron chi connectivity index (χ3n) is 0.549. The molecule has 0 aromatic carbocycles. The second-order valence-corrected chi connectivity index (χ2v) is 1.25. The first-order chi connectivity index (χ1) is 3.27. The molecule has 1 N–H and O–H groups in total. The van der Waals surface area contributed by atoms with E-state index in [1.165, 1.54) is 0 Å². The Balaban J connectivity index is 2.68. The molecule has 1 nitrogen and oxygen atoms in total. The van der Waals surface area contributed by atoms with E-state index in [9.17, 15) is 8.78 Å². The Hall–Kier alpha value is -0.180. The van der Waals surface area contributed by atoms with Crippen LogP contribution in [0.4, 0.5) is 8.78 Å². The van der Waals surface area contributed by atoms with Crippen LogP contribution in [0.15, 0.2) is 0 Å². The first-order valence-corrected chi connectivity index (χ1v) is 2.29. The summed E-state index contributed by atoms with van der Waals surface area (Å²) in [4.78, 5) is 0. The number of nitrogens with one attached hydrogen (secondary N) is 1. The van der Waals surface area contributed by atoms with Gasteiger partial charge in [-0.05, 0) is 6.42 Å². The standard InChI is InChI=1S/C4H9F2N/c1-2-3-7-4(5)6/h4,7H,2-3H2,1H3. The zero-order chi connectivity index (χ0) is 5.70. The van der Waals surface area contributed by atoms with Crippen LogP contribution in [0.3, 0.4) is 0 Å². The monoisotopic (exact) mass is 109 g/mol. The molecule has 44 valence electrons. The summed E-state index contributed by atoms with van der Waals surface area (Å²) in [5.41, 5.74) is 0. The fourth-order valence-electron chi connectivity index (χ4n) is 0.253. The molecule has 0 heterocycles. The van der Waals surface area contributed by atoms with Crippen molar-refractivity contribution in [3.63, 3.8) is 0 Å². The molecule has 0 saturated carbocycles. The van der Waals surface area contributed by atoms with Crippen molar-refractivity contribution in [1.29, 1.82) is 0 Å². The van der Waals surface area contributed by atoms with Crippen LogP contribution in [0.25, 0.3) is 0 Å². The van der Waals surface area contributed by atoms with Gasteiger partial charge in [0.15, 0.2) is 0 Å². The molecule has 0 amide bonds. The highest BCUT2D eigenvalue weighted by molar-refractivity contribution is 4.36. The van der Waals surface area contributed by atoms with E-state index in [0.717, 1.165) is 6.42 Å². The second-order valence-electron chi connectivity index (χ2n) is 1.25. The van der Waals surface area contributed by atoms with E-state index in [1.807, 2.05) is 12.2 Å². The molecule has 0 fully saturated rings. The lowest BCUT2D eigenvalue weighted by atomic mass is 10.5. The summed E-state index contributed by atoms with van der Waals surface area (Å²) in [6.07, 6.45) is 0.754. The maximum Gasteiger partial charge on any atom is 0.292 e. The predicted molar refractivity (Wildman–Crippen MR) is 24.3 cm³/mol. The highest BCUT2D eigenvalue weighted by Gasteiger charge is 1.94. The summed E-state index contributed by atoms with van der Waals surface area (Å²) in [5, 5.41) is 1.96. The molecule has 0 aliphatic rings. The zero-order valence-corrected chi connectivity index (χ0v) is 4.25. The van der Waals surface area contributed by atoms with Gasteiger partial charge in [-0.15, -0.1) is 0 Å². The number of hydrogen-bond acceptors (Lipinski definition) is 1. The van der Waals surface area contributed by atoms with Crippen LogP contribution in [0.2, 0.25) is 0 Å². The Labute approximate surface area is 41.7 Å². The fourth-order valence-corrected chi connectivity index (χ4v) is 0.253. The zero-order valence-electron chi connectivity index (χ0n) is 4.25. The molecule has 7 heavy (non-hydrogen) atoms. The first-order valence-electron chi connectivity index (χ1n) is 2.29. The molecule has 0 aliphatic heterocycles. The van der Waals surface area contributed by atoms with Crippen LogP contribution in [-0.2, 0) is 0 Å². The third kappa shape index (κ3) is 5.82. The maximum absolute atomic E-state index is 11.1. The van der Waals surface area contributed by atoms with E-state index in [-0.39, 0.29) is 0 Å². The molecule has 0 bridgehead atoms. The molecular weight excluding hydrogens is 100 g/mol. The van der Waals surface area contributed by atoms with Crippen LogP contribution in [0, 0.1) is 0 Å². The topological polar surface area (TPSA) is 12.0 Å². The first kappa shape index (κ1) is 6.82. The highest BCUT2D eigenvalue weighted by atomic mass is 19.3. The van der Waals surface area contributed by atoms with Crippen LogP contribution < -0.4 is 5.32 Å². The van der Waals surface area contributed by atoms with Gasteiger partial charge in [-0.25, -0.2) is 0 Å². The van der Waals surface area contributed by atoms with Gasteiger partial charge in [0.1, 0.15) is 0 Å². The van der Waals surface area contributed by atoms with E-state index in [2.05, 4.69) is 0 Å². The summed E-state index contributed by atoms with van der Waals surface area (Å²) in [7, 11) is 0. The molecule has 0 spiro atoms. The summed E-state index contributed by atoms with van der Waals surface area (Å²) in [6.45, 7) is -0.104. The normalized spacial score (nSPS) is 10.3. The minimum Gasteiger partial charge on any atom is -0.261 e. The van der Waals surface area contributed by atoms with E-state index in [0.29, 0.717) is 6.54 Å².